The Bertz CT molecular complexity index is 817. The topological polar surface area (TPSA) is 68.3 Å². The van der Waals surface area contributed by atoms with Crippen LogP contribution in [0.5, 0.6) is 0 Å². The Balaban J connectivity index is 2.08. The number of aromatic nitrogens is 1. The third kappa shape index (κ3) is 4.30. The van der Waals surface area contributed by atoms with Crippen LogP contribution in [0.4, 0.5) is 18.9 Å². The monoisotopic (exact) mass is 370 g/mol. The third-order valence-electron chi connectivity index (χ3n) is 3.13. The van der Waals surface area contributed by atoms with Gasteiger partial charge in [0.25, 0.3) is 5.91 Å². The van der Waals surface area contributed by atoms with Gasteiger partial charge in [-0.15, -0.1) is 11.8 Å². The number of rotatable bonds is 5. The first-order valence-electron chi connectivity index (χ1n) is 6.99. The number of nitrogens with zero attached hydrogens (tertiary/aromatic N) is 1. The molecule has 0 aliphatic rings. The maximum Gasteiger partial charge on any atom is 0.341 e. The molecule has 0 unspecified atom stereocenters. The Morgan fingerprint density at radius 2 is 1.92 bits per heavy atom. The molecule has 0 bridgehead atoms. The maximum atomic E-state index is 13.6. The molecule has 1 atom stereocenters. The lowest BCUT2D eigenvalue weighted by Crippen LogP contribution is -2.30. The summed E-state index contributed by atoms with van der Waals surface area (Å²) in [4.78, 5) is 28.1. The van der Waals surface area contributed by atoms with Crippen LogP contribution in [0, 0.1) is 17.5 Å². The predicted molar refractivity (Wildman–Crippen MR) is 85.8 cm³/mol. The number of esters is 1. The van der Waals surface area contributed by atoms with Gasteiger partial charge in [0, 0.05) is 6.20 Å². The van der Waals surface area contributed by atoms with Crippen LogP contribution in [0.25, 0.3) is 0 Å². The van der Waals surface area contributed by atoms with Crippen LogP contribution in [-0.2, 0) is 9.53 Å². The summed E-state index contributed by atoms with van der Waals surface area (Å²) in [6.45, 7) is 1.26. The second-order valence-corrected chi connectivity index (χ2v) is 5.61. The van der Waals surface area contributed by atoms with Crippen molar-refractivity contribution < 1.29 is 27.5 Å². The van der Waals surface area contributed by atoms with E-state index < -0.39 is 41.1 Å². The van der Waals surface area contributed by atoms with Crippen LogP contribution in [-0.4, -0.2) is 29.2 Å². The summed E-state index contributed by atoms with van der Waals surface area (Å²) < 4.78 is 44.6. The van der Waals surface area contributed by atoms with Gasteiger partial charge in [-0.25, -0.2) is 22.9 Å². The van der Waals surface area contributed by atoms with Gasteiger partial charge < -0.3 is 10.1 Å². The molecule has 1 aromatic heterocycles. The average molecular weight is 370 g/mol. The molecule has 0 saturated carbocycles. The van der Waals surface area contributed by atoms with E-state index >= 15 is 0 Å². The van der Waals surface area contributed by atoms with Crippen molar-refractivity contribution in [2.45, 2.75) is 18.1 Å². The molecule has 132 valence electrons. The summed E-state index contributed by atoms with van der Waals surface area (Å²) in [6, 6.07) is 4.57. The Kier molecular flexibility index (Phi) is 6.02. The Labute approximate surface area is 145 Å². The average Bonchev–Trinajstić information content (AvgIpc) is 2.61. The van der Waals surface area contributed by atoms with Crippen molar-refractivity contribution in [3.8, 4) is 0 Å². The lowest BCUT2D eigenvalue weighted by Gasteiger charge is -2.14. The third-order valence-corrected chi connectivity index (χ3v) is 3.84. The van der Waals surface area contributed by atoms with E-state index in [1.165, 1.54) is 37.0 Å². The number of carbonyl (C=O) groups excluding carboxylic acids is 2. The molecule has 0 aliphatic carbocycles. The number of pyridine rings is 1. The maximum absolute atomic E-state index is 13.6. The highest BCUT2D eigenvalue weighted by Crippen LogP contribution is 2.21. The van der Waals surface area contributed by atoms with Gasteiger partial charge in [0.2, 0.25) is 0 Å². The molecule has 25 heavy (non-hydrogen) atoms. The van der Waals surface area contributed by atoms with E-state index in [9.17, 15) is 22.8 Å². The van der Waals surface area contributed by atoms with E-state index in [-0.39, 0.29) is 5.56 Å². The van der Waals surface area contributed by atoms with E-state index in [4.69, 9.17) is 4.74 Å². The fraction of sp³-hybridized carbons (Fsp3) is 0.188. The summed E-state index contributed by atoms with van der Waals surface area (Å²) in [7, 11) is 0. The molecule has 0 spiro atoms. The minimum atomic E-state index is -1.71. The number of hydrogen-bond acceptors (Lipinski definition) is 5. The fourth-order valence-corrected chi connectivity index (χ4v) is 2.38. The first-order valence-corrected chi connectivity index (χ1v) is 8.22. The van der Waals surface area contributed by atoms with Crippen molar-refractivity contribution in [1.82, 2.24) is 4.98 Å². The summed E-state index contributed by atoms with van der Waals surface area (Å²) in [5, 5.41) is 2.47. The largest absolute Gasteiger partial charge is 0.449 e. The van der Waals surface area contributed by atoms with E-state index in [1.807, 2.05) is 5.32 Å². The van der Waals surface area contributed by atoms with Gasteiger partial charge in [-0.1, -0.05) is 0 Å². The van der Waals surface area contributed by atoms with Gasteiger partial charge in [0.05, 0.1) is 11.3 Å². The van der Waals surface area contributed by atoms with E-state index in [0.717, 1.165) is 6.07 Å². The van der Waals surface area contributed by atoms with Gasteiger partial charge in [-0.3, -0.25) is 4.79 Å². The van der Waals surface area contributed by atoms with E-state index in [2.05, 4.69) is 4.98 Å². The number of anilines is 1. The Hall–Kier alpha value is -2.55. The highest BCUT2D eigenvalue weighted by Gasteiger charge is 2.23. The zero-order valence-corrected chi connectivity index (χ0v) is 14.0. The zero-order valence-electron chi connectivity index (χ0n) is 13.2. The van der Waals surface area contributed by atoms with Crippen molar-refractivity contribution in [2.75, 3.05) is 11.6 Å². The summed E-state index contributed by atoms with van der Waals surface area (Å²) >= 11 is 1.23. The number of carbonyl (C=O) groups is 2. The summed E-state index contributed by atoms with van der Waals surface area (Å²) in [5.41, 5.74) is -0.383. The second kappa shape index (κ2) is 8.02. The van der Waals surface area contributed by atoms with E-state index in [0.29, 0.717) is 11.1 Å². The molecular weight excluding hydrogens is 357 g/mol. The number of thioether (sulfide) groups is 1. The molecule has 2 rings (SSSR count). The summed E-state index contributed by atoms with van der Waals surface area (Å²) in [6.07, 6.45) is 1.93. The Morgan fingerprint density at radius 1 is 1.20 bits per heavy atom. The van der Waals surface area contributed by atoms with Crippen LogP contribution in [0.1, 0.15) is 17.3 Å². The summed E-state index contributed by atoms with van der Waals surface area (Å²) in [5.74, 6) is -6.30. The molecule has 5 nitrogen and oxygen atoms in total. The number of nitrogens with one attached hydrogen (secondary N) is 1. The number of amides is 1. The lowest BCUT2D eigenvalue weighted by molar-refractivity contribution is -0.123. The molecule has 9 heteroatoms. The quantitative estimate of drug-likeness (QED) is 0.496. The molecular formula is C16H13F3N2O3S. The highest BCUT2D eigenvalue weighted by atomic mass is 32.2. The number of hydrogen-bond donors (Lipinski definition) is 1. The zero-order chi connectivity index (χ0) is 18.6. The van der Waals surface area contributed by atoms with Crippen molar-refractivity contribution in [1.29, 1.82) is 0 Å². The number of ether oxygens (including phenoxy) is 1. The molecule has 1 heterocycles. The van der Waals surface area contributed by atoms with Crippen LogP contribution >= 0.6 is 11.8 Å². The first-order chi connectivity index (χ1) is 11.8. The van der Waals surface area contributed by atoms with Crippen molar-refractivity contribution >= 4 is 29.3 Å². The van der Waals surface area contributed by atoms with Crippen molar-refractivity contribution in [3.63, 3.8) is 0 Å². The van der Waals surface area contributed by atoms with E-state index in [1.54, 1.807) is 6.26 Å². The van der Waals surface area contributed by atoms with Crippen LogP contribution in [0.2, 0.25) is 0 Å². The van der Waals surface area contributed by atoms with Gasteiger partial charge in [-0.2, -0.15) is 0 Å². The van der Waals surface area contributed by atoms with Gasteiger partial charge >= 0.3 is 5.97 Å². The SMILES string of the molecule is CSc1ncccc1C(=O)O[C@H](C)C(=O)Nc1ccc(F)c(F)c1F. The molecule has 1 amide bonds. The number of halogens is 3. The van der Waals surface area contributed by atoms with Gasteiger partial charge in [0.15, 0.2) is 23.6 Å². The highest BCUT2D eigenvalue weighted by molar-refractivity contribution is 7.98. The van der Waals surface area contributed by atoms with Crippen molar-refractivity contribution in [3.05, 3.63) is 53.5 Å². The standard InChI is InChI=1S/C16H13F3N2O3S/c1-8(24-16(23)9-4-3-7-20-15(9)25-2)14(22)21-11-6-5-10(17)12(18)13(11)19/h3-8H,1-2H3,(H,21,22)/t8-/m1/s1. The van der Waals surface area contributed by atoms with Crippen molar-refractivity contribution in [2.24, 2.45) is 0 Å². The fourth-order valence-electron chi connectivity index (χ4n) is 1.84. The lowest BCUT2D eigenvalue weighted by atomic mass is 10.2. The molecule has 0 saturated heterocycles. The normalized spacial score (nSPS) is 11.7. The van der Waals surface area contributed by atoms with Gasteiger partial charge in [0.1, 0.15) is 5.03 Å². The second-order valence-electron chi connectivity index (χ2n) is 4.82. The first kappa shape index (κ1) is 18.8. The molecule has 2 aromatic rings. The van der Waals surface area contributed by atoms with Crippen LogP contribution in [0.3, 0.4) is 0 Å². The minimum absolute atomic E-state index is 0.175. The van der Waals surface area contributed by atoms with Crippen LogP contribution in [0.15, 0.2) is 35.5 Å². The molecule has 0 radical (unpaired) electrons. The molecule has 1 aromatic carbocycles. The molecule has 0 aliphatic heterocycles. The van der Waals surface area contributed by atoms with Gasteiger partial charge in [-0.05, 0) is 37.4 Å². The smallest absolute Gasteiger partial charge is 0.341 e. The molecule has 0 fully saturated rings. The van der Waals surface area contributed by atoms with Crippen LogP contribution < -0.4 is 5.32 Å². The number of benzene rings is 1. The molecule has 1 N–H and O–H groups in total. The predicted octanol–water partition coefficient (Wildman–Crippen LogP) is 3.40. The minimum Gasteiger partial charge on any atom is -0.449 e. The Morgan fingerprint density at radius 3 is 2.60 bits per heavy atom.